The standard InChI is InChI=1S/C15H8ClF2IN2/c1-7-2-4-10(17)12(13(7)18)15-20-11-5-3-8(19)6-9(11)14(16)21-15/h2-6H,1H3. The maximum absolute atomic E-state index is 14.2. The van der Waals surface area contributed by atoms with Gasteiger partial charge in [0.05, 0.1) is 11.1 Å². The molecule has 1 aromatic heterocycles. The minimum absolute atomic E-state index is 0.0487. The van der Waals surface area contributed by atoms with Gasteiger partial charge in [0.2, 0.25) is 0 Å². The molecule has 6 heteroatoms. The first-order chi connectivity index (χ1) is 9.97. The molecule has 106 valence electrons. The van der Waals surface area contributed by atoms with Crippen LogP contribution in [0.5, 0.6) is 0 Å². The average Bonchev–Trinajstić information content (AvgIpc) is 2.44. The normalized spacial score (nSPS) is 11.1. The number of nitrogens with zero attached hydrogens (tertiary/aromatic N) is 2. The van der Waals surface area contributed by atoms with Crippen LogP contribution in [0.1, 0.15) is 5.56 Å². The third-order valence-electron chi connectivity index (χ3n) is 3.12. The summed E-state index contributed by atoms with van der Waals surface area (Å²) in [6.45, 7) is 1.56. The summed E-state index contributed by atoms with van der Waals surface area (Å²) >= 11 is 8.27. The summed E-state index contributed by atoms with van der Waals surface area (Å²) in [5.74, 6) is -1.43. The van der Waals surface area contributed by atoms with E-state index in [1.807, 2.05) is 12.1 Å². The molecule has 3 aromatic rings. The van der Waals surface area contributed by atoms with E-state index < -0.39 is 11.6 Å². The van der Waals surface area contributed by atoms with Gasteiger partial charge in [-0.15, -0.1) is 0 Å². The predicted molar refractivity (Wildman–Crippen MR) is 87.4 cm³/mol. The number of halogens is 4. The van der Waals surface area contributed by atoms with Crippen LogP contribution in [-0.2, 0) is 0 Å². The third-order valence-corrected chi connectivity index (χ3v) is 4.08. The van der Waals surface area contributed by atoms with Crippen molar-refractivity contribution in [3.05, 3.63) is 56.3 Å². The van der Waals surface area contributed by atoms with Gasteiger partial charge in [-0.05, 0) is 59.3 Å². The Morgan fingerprint density at radius 1 is 1.10 bits per heavy atom. The van der Waals surface area contributed by atoms with Gasteiger partial charge in [0.1, 0.15) is 16.8 Å². The van der Waals surface area contributed by atoms with Crippen LogP contribution < -0.4 is 0 Å². The van der Waals surface area contributed by atoms with Crippen molar-refractivity contribution < 1.29 is 8.78 Å². The van der Waals surface area contributed by atoms with E-state index in [2.05, 4.69) is 32.6 Å². The van der Waals surface area contributed by atoms with E-state index in [0.29, 0.717) is 16.5 Å². The minimum Gasteiger partial charge on any atom is -0.228 e. The van der Waals surface area contributed by atoms with E-state index in [1.54, 1.807) is 13.0 Å². The zero-order valence-electron chi connectivity index (χ0n) is 10.8. The summed E-state index contributed by atoms with van der Waals surface area (Å²) in [7, 11) is 0. The van der Waals surface area contributed by atoms with E-state index in [1.165, 1.54) is 12.1 Å². The molecule has 0 bridgehead atoms. The number of benzene rings is 2. The van der Waals surface area contributed by atoms with E-state index in [0.717, 1.165) is 3.57 Å². The molecule has 0 amide bonds. The smallest absolute Gasteiger partial charge is 0.167 e. The number of fused-ring (bicyclic) bond motifs is 1. The van der Waals surface area contributed by atoms with Crippen LogP contribution in [0.4, 0.5) is 8.78 Å². The third kappa shape index (κ3) is 2.60. The second kappa shape index (κ2) is 5.46. The Hall–Kier alpha value is -1.34. The van der Waals surface area contributed by atoms with Crippen molar-refractivity contribution in [1.29, 1.82) is 0 Å². The summed E-state index contributed by atoms with van der Waals surface area (Å²) in [6, 6.07) is 7.99. The van der Waals surface area contributed by atoms with Gasteiger partial charge in [0.25, 0.3) is 0 Å². The molecule has 0 saturated carbocycles. The van der Waals surface area contributed by atoms with Crippen LogP contribution in [0, 0.1) is 22.1 Å². The summed E-state index contributed by atoms with van der Waals surface area (Å²) in [6.07, 6.45) is 0. The lowest BCUT2D eigenvalue weighted by Gasteiger charge is -2.08. The molecule has 3 rings (SSSR count). The minimum atomic E-state index is -0.709. The Bertz CT molecular complexity index is 868. The summed E-state index contributed by atoms with van der Waals surface area (Å²) in [4.78, 5) is 8.28. The summed E-state index contributed by atoms with van der Waals surface area (Å²) in [5, 5.41) is 0.828. The van der Waals surface area contributed by atoms with E-state index in [4.69, 9.17) is 11.6 Å². The molecule has 0 radical (unpaired) electrons. The number of aryl methyl sites for hydroxylation is 1. The van der Waals surface area contributed by atoms with Crippen molar-refractivity contribution in [3.63, 3.8) is 0 Å². The number of rotatable bonds is 1. The molecule has 0 unspecified atom stereocenters. The highest BCUT2D eigenvalue weighted by atomic mass is 127. The monoisotopic (exact) mass is 416 g/mol. The number of hydrogen-bond donors (Lipinski definition) is 0. The Morgan fingerprint density at radius 2 is 1.86 bits per heavy atom. The Morgan fingerprint density at radius 3 is 2.62 bits per heavy atom. The molecule has 2 nitrogen and oxygen atoms in total. The zero-order chi connectivity index (χ0) is 15.1. The first-order valence-electron chi connectivity index (χ1n) is 6.05. The molecule has 21 heavy (non-hydrogen) atoms. The van der Waals surface area contributed by atoms with Crippen LogP contribution in [0.3, 0.4) is 0 Å². The molecule has 0 atom stereocenters. The molecule has 0 aliphatic rings. The van der Waals surface area contributed by atoms with Gasteiger partial charge in [-0.25, -0.2) is 18.7 Å². The fraction of sp³-hybridized carbons (Fsp3) is 0.0667. The maximum Gasteiger partial charge on any atom is 0.167 e. The molecule has 0 fully saturated rings. The second-order valence-corrected chi connectivity index (χ2v) is 6.16. The van der Waals surface area contributed by atoms with Gasteiger partial charge in [-0.3, -0.25) is 0 Å². The van der Waals surface area contributed by atoms with Gasteiger partial charge < -0.3 is 0 Å². The van der Waals surface area contributed by atoms with Gasteiger partial charge in [0, 0.05) is 8.96 Å². The van der Waals surface area contributed by atoms with Gasteiger partial charge in [-0.2, -0.15) is 0 Å². The van der Waals surface area contributed by atoms with Gasteiger partial charge in [0.15, 0.2) is 5.82 Å². The van der Waals surface area contributed by atoms with Crippen LogP contribution in [0.15, 0.2) is 30.3 Å². The molecule has 0 saturated heterocycles. The van der Waals surface area contributed by atoms with Crippen molar-refractivity contribution in [1.82, 2.24) is 9.97 Å². The average molecular weight is 417 g/mol. The molecule has 0 N–H and O–H groups in total. The van der Waals surface area contributed by atoms with Crippen molar-refractivity contribution in [3.8, 4) is 11.4 Å². The van der Waals surface area contributed by atoms with Crippen molar-refractivity contribution in [2.45, 2.75) is 6.92 Å². The fourth-order valence-electron chi connectivity index (χ4n) is 2.04. The lowest BCUT2D eigenvalue weighted by atomic mass is 10.1. The van der Waals surface area contributed by atoms with Crippen molar-refractivity contribution >= 4 is 45.1 Å². The summed E-state index contributed by atoms with van der Waals surface area (Å²) in [5.41, 5.74) is 0.622. The fourth-order valence-corrected chi connectivity index (χ4v) is 2.76. The first-order valence-corrected chi connectivity index (χ1v) is 7.51. The maximum atomic E-state index is 14.2. The molecule has 0 aliphatic carbocycles. The second-order valence-electron chi connectivity index (χ2n) is 4.55. The van der Waals surface area contributed by atoms with E-state index in [-0.39, 0.29) is 16.5 Å². The first kappa shape index (κ1) is 14.6. The lowest BCUT2D eigenvalue weighted by Crippen LogP contribution is -1.99. The van der Waals surface area contributed by atoms with Crippen LogP contribution >= 0.6 is 34.2 Å². The Kier molecular flexibility index (Phi) is 3.79. The van der Waals surface area contributed by atoms with Crippen LogP contribution in [-0.4, -0.2) is 9.97 Å². The Labute approximate surface area is 138 Å². The number of hydrogen-bond acceptors (Lipinski definition) is 2. The zero-order valence-corrected chi connectivity index (χ0v) is 13.7. The van der Waals surface area contributed by atoms with Crippen LogP contribution in [0.2, 0.25) is 5.15 Å². The topological polar surface area (TPSA) is 25.8 Å². The highest BCUT2D eigenvalue weighted by Crippen LogP contribution is 2.30. The molecule has 0 spiro atoms. The molecule has 2 aromatic carbocycles. The Balaban J connectivity index is 2.32. The quantitative estimate of drug-likeness (QED) is 0.405. The van der Waals surface area contributed by atoms with Crippen LogP contribution in [0.25, 0.3) is 22.3 Å². The largest absolute Gasteiger partial charge is 0.228 e. The molecule has 1 heterocycles. The molecule has 0 aliphatic heterocycles. The van der Waals surface area contributed by atoms with Crippen molar-refractivity contribution in [2.75, 3.05) is 0 Å². The van der Waals surface area contributed by atoms with Crippen molar-refractivity contribution in [2.24, 2.45) is 0 Å². The lowest BCUT2D eigenvalue weighted by molar-refractivity contribution is 0.582. The number of aromatic nitrogens is 2. The van der Waals surface area contributed by atoms with Gasteiger partial charge >= 0.3 is 0 Å². The predicted octanol–water partition coefficient (Wildman–Crippen LogP) is 5.14. The summed E-state index contributed by atoms with van der Waals surface area (Å²) < 4.78 is 29.1. The highest BCUT2D eigenvalue weighted by Gasteiger charge is 2.18. The van der Waals surface area contributed by atoms with Gasteiger partial charge in [-0.1, -0.05) is 17.7 Å². The van der Waals surface area contributed by atoms with E-state index in [9.17, 15) is 8.78 Å². The van der Waals surface area contributed by atoms with E-state index >= 15 is 0 Å². The highest BCUT2D eigenvalue weighted by molar-refractivity contribution is 14.1. The SMILES string of the molecule is Cc1ccc(F)c(-c2nc(Cl)c3cc(I)ccc3n2)c1F. The molecular weight excluding hydrogens is 409 g/mol. The molecular formula is C15H8ClF2IN2.